The van der Waals surface area contributed by atoms with E-state index >= 15 is 0 Å². The Morgan fingerprint density at radius 2 is 2.00 bits per heavy atom. The zero-order chi connectivity index (χ0) is 26.2. The first-order chi connectivity index (χ1) is 17.7. The molecule has 5 rings (SSSR count). The molecule has 0 spiro atoms. The van der Waals surface area contributed by atoms with Crippen LogP contribution < -0.4 is 15.5 Å². The molecule has 13 heteroatoms. The Bertz CT molecular complexity index is 1440. The van der Waals surface area contributed by atoms with Crippen LogP contribution in [0.1, 0.15) is 16.8 Å². The first kappa shape index (κ1) is 25.1. The number of carbonyl (C=O) groups excluding carboxylic acids is 1. The average molecular weight is 575 g/mol. The van der Waals surface area contributed by atoms with Gasteiger partial charge in [-0.15, -0.1) is 5.10 Å². The number of hydrogen-bond donors (Lipinski definition) is 2. The largest absolute Gasteiger partial charge is 0.416 e. The minimum Gasteiger partial charge on any atom is -0.353 e. The number of hydrogen-bond acceptors (Lipinski definition) is 7. The molecule has 1 aromatic carbocycles. The van der Waals surface area contributed by atoms with Gasteiger partial charge in [-0.3, -0.25) is 9.78 Å². The van der Waals surface area contributed by atoms with E-state index in [-0.39, 0.29) is 5.91 Å². The summed E-state index contributed by atoms with van der Waals surface area (Å²) in [5, 5.41) is 11.2. The molecule has 9 nitrogen and oxygen atoms in total. The molecular formula is C24H22BrF3N8O. The van der Waals surface area contributed by atoms with Crippen LogP contribution in [-0.2, 0) is 17.5 Å². The monoisotopic (exact) mass is 574 g/mol. The van der Waals surface area contributed by atoms with Crippen LogP contribution in [0.3, 0.4) is 0 Å². The number of rotatable bonds is 5. The van der Waals surface area contributed by atoms with E-state index in [9.17, 15) is 18.0 Å². The number of pyridine rings is 1. The minimum atomic E-state index is -4.41. The lowest BCUT2D eigenvalue weighted by molar-refractivity contribution is -0.137. The summed E-state index contributed by atoms with van der Waals surface area (Å²) in [6.07, 6.45) is 0.375. The van der Waals surface area contributed by atoms with Crippen molar-refractivity contribution >= 4 is 38.7 Å². The number of benzene rings is 1. The summed E-state index contributed by atoms with van der Waals surface area (Å²) < 4.78 is 41.1. The Balaban J connectivity index is 1.32. The standard InChI is InChI=1S/C24H22BrF3N8O/c1-14-8-16(30-10-19(14)25)9-31-23(37)20-12-35(7-6-29-20)22-18-11-36(34-21(18)32-13-33-22)17-4-2-15(3-5-17)24(26,27)28/h2-5,8,10-11,13,20,29H,6-7,9,12H2,1H3,(H,31,37)/t20-/m1/s1. The summed E-state index contributed by atoms with van der Waals surface area (Å²) in [5.74, 6) is 0.450. The molecule has 0 saturated carbocycles. The third-order valence-electron chi connectivity index (χ3n) is 6.09. The molecule has 0 bridgehead atoms. The molecule has 192 valence electrons. The SMILES string of the molecule is Cc1cc(CNC(=O)[C@H]2CN(c3ncnc4nn(-c5ccc(C(F)(F)F)cc5)cc34)CCN2)ncc1Br. The van der Waals surface area contributed by atoms with Crippen LogP contribution in [0.5, 0.6) is 0 Å². The molecule has 1 aliphatic heterocycles. The minimum absolute atomic E-state index is 0.155. The van der Waals surface area contributed by atoms with Crippen molar-refractivity contribution in [3.8, 4) is 5.69 Å². The summed E-state index contributed by atoms with van der Waals surface area (Å²) in [5.41, 5.74) is 1.93. The number of anilines is 1. The smallest absolute Gasteiger partial charge is 0.353 e. The van der Waals surface area contributed by atoms with E-state index in [1.165, 1.54) is 23.1 Å². The summed E-state index contributed by atoms with van der Waals surface area (Å²) >= 11 is 3.42. The zero-order valence-electron chi connectivity index (χ0n) is 19.6. The number of halogens is 4. The number of nitrogens with zero attached hydrogens (tertiary/aromatic N) is 6. The molecule has 0 radical (unpaired) electrons. The van der Waals surface area contributed by atoms with E-state index in [0.29, 0.717) is 48.7 Å². The van der Waals surface area contributed by atoms with Gasteiger partial charge in [0.25, 0.3) is 0 Å². The molecule has 3 aromatic heterocycles. The highest BCUT2D eigenvalue weighted by Crippen LogP contribution is 2.30. The number of carbonyl (C=O) groups is 1. The lowest BCUT2D eigenvalue weighted by Gasteiger charge is -2.33. The number of aryl methyl sites for hydroxylation is 1. The molecule has 0 aliphatic carbocycles. The number of fused-ring (bicyclic) bond motifs is 1. The Morgan fingerprint density at radius 3 is 2.73 bits per heavy atom. The average Bonchev–Trinajstić information content (AvgIpc) is 3.33. The van der Waals surface area contributed by atoms with Crippen molar-refractivity contribution in [1.29, 1.82) is 0 Å². The lowest BCUT2D eigenvalue weighted by atomic mass is 10.1. The van der Waals surface area contributed by atoms with Crippen LogP contribution >= 0.6 is 15.9 Å². The maximum Gasteiger partial charge on any atom is 0.416 e. The maximum absolute atomic E-state index is 12.9. The number of nitrogens with one attached hydrogen (secondary N) is 2. The third-order valence-corrected chi connectivity index (χ3v) is 6.92. The molecule has 0 unspecified atom stereocenters. The predicted molar refractivity (Wildman–Crippen MR) is 134 cm³/mol. The van der Waals surface area contributed by atoms with Gasteiger partial charge in [0.15, 0.2) is 5.65 Å². The van der Waals surface area contributed by atoms with Crippen LogP contribution in [0.15, 0.2) is 53.5 Å². The Hall–Kier alpha value is -3.58. The lowest BCUT2D eigenvalue weighted by Crippen LogP contribution is -2.57. The zero-order valence-corrected chi connectivity index (χ0v) is 21.2. The van der Waals surface area contributed by atoms with Gasteiger partial charge in [0, 0.05) is 36.5 Å². The van der Waals surface area contributed by atoms with Crippen molar-refractivity contribution < 1.29 is 18.0 Å². The number of piperazine rings is 1. The van der Waals surface area contributed by atoms with Crippen molar-refractivity contribution in [2.24, 2.45) is 0 Å². The van der Waals surface area contributed by atoms with E-state index in [0.717, 1.165) is 27.9 Å². The van der Waals surface area contributed by atoms with Crippen molar-refractivity contribution in [1.82, 2.24) is 35.4 Å². The molecule has 37 heavy (non-hydrogen) atoms. The quantitative estimate of drug-likeness (QED) is 0.377. The fraction of sp³-hybridized carbons (Fsp3) is 0.292. The number of amides is 1. The molecule has 1 saturated heterocycles. The summed E-state index contributed by atoms with van der Waals surface area (Å²) in [6, 6.07) is 6.18. The molecule has 2 N–H and O–H groups in total. The Kier molecular flexibility index (Phi) is 6.82. The van der Waals surface area contributed by atoms with Gasteiger partial charge < -0.3 is 15.5 Å². The van der Waals surface area contributed by atoms with Gasteiger partial charge in [0.05, 0.1) is 28.9 Å². The van der Waals surface area contributed by atoms with Crippen LogP contribution in [-0.4, -0.2) is 56.3 Å². The second-order valence-electron chi connectivity index (χ2n) is 8.65. The van der Waals surface area contributed by atoms with Crippen molar-refractivity contribution in [2.45, 2.75) is 25.7 Å². The van der Waals surface area contributed by atoms with Crippen molar-refractivity contribution in [3.63, 3.8) is 0 Å². The van der Waals surface area contributed by atoms with Crippen molar-refractivity contribution in [3.05, 3.63) is 70.3 Å². The topological polar surface area (TPSA) is 101 Å². The van der Waals surface area contributed by atoms with Crippen LogP contribution in [0.25, 0.3) is 16.7 Å². The van der Waals surface area contributed by atoms with E-state index in [1.807, 2.05) is 17.9 Å². The second kappa shape index (κ2) is 10.1. The third kappa shape index (κ3) is 5.42. The number of aromatic nitrogens is 5. The molecule has 4 heterocycles. The van der Waals surface area contributed by atoms with Crippen LogP contribution in [0.4, 0.5) is 19.0 Å². The van der Waals surface area contributed by atoms with Gasteiger partial charge in [0.1, 0.15) is 18.2 Å². The van der Waals surface area contributed by atoms with Gasteiger partial charge in [-0.05, 0) is 58.7 Å². The Morgan fingerprint density at radius 1 is 1.22 bits per heavy atom. The van der Waals surface area contributed by atoms with Crippen molar-refractivity contribution in [2.75, 3.05) is 24.5 Å². The normalized spacial score (nSPS) is 16.2. The molecule has 4 aromatic rings. The predicted octanol–water partition coefficient (Wildman–Crippen LogP) is 3.39. The first-order valence-electron chi connectivity index (χ1n) is 11.4. The Labute approximate surface area is 218 Å². The van der Waals surface area contributed by atoms with Crippen LogP contribution in [0.2, 0.25) is 0 Å². The van der Waals surface area contributed by atoms with E-state index in [2.05, 4.69) is 46.6 Å². The van der Waals surface area contributed by atoms with Gasteiger partial charge in [-0.2, -0.15) is 13.2 Å². The first-order valence-corrected chi connectivity index (χ1v) is 12.2. The van der Waals surface area contributed by atoms with E-state index < -0.39 is 17.8 Å². The van der Waals surface area contributed by atoms with Gasteiger partial charge >= 0.3 is 6.18 Å². The highest BCUT2D eigenvalue weighted by atomic mass is 79.9. The second-order valence-corrected chi connectivity index (χ2v) is 9.50. The fourth-order valence-electron chi connectivity index (χ4n) is 4.13. The molecule has 1 amide bonds. The van der Waals surface area contributed by atoms with Gasteiger partial charge in [-0.1, -0.05) is 0 Å². The summed E-state index contributed by atoms with van der Waals surface area (Å²) in [4.78, 5) is 27.8. The maximum atomic E-state index is 12.9. The van der Waals surface area contributed by atoms with Gasteiger partial charge in [-0.25, -0.2) is 14.6 Å². The van der Waals surface area contributed by atoms with E-state index in [1.54, 1.807) is 12.4 Å². The highest BCUT2D eigenvalue weighted by molar-refractivity contribution is 9.10. The number of alkyl halides is 3. The van der Waals surface area contributed by atoms with E-state index in [4.69, 9.17) is 0 Å². The van der Waals surface area contributed by atoms with Crippen LogP contribution in [0, 0.1) is 6.92 Å². The summed E-state index contributed by atoms with van der Waals surface area (Å²) in [7, 11) is 0. The molecule has 1 atom stereocenters. The highest BCUT2D eigenvalue weighted by Gasteiger charge is 2.30. The molecule has 1 aliphatic rings. The molecular weight excluding hydrogens is 553 g/mol. The fourth-order valence-corrected chi connectivity index (χ4v) is 4.34. The molecule has 1 fully saturated rings. The van der Waals surface area contributed by atoms with Gasteiger partial charge in [0.2, 0.25) is 5.91 Å². The summed E-state index contributed by atoms with van der Waals surface area (Å²) in [6.45, 7) is 3.81.